The molecule has 0 aromatic carbocycles. The third kappa shape index (κ3) is 2.12. The van der Waals surface area contributed by atoms with Crippen molar-refractivity contribution in [3.63, 3.8) is 0 Å². The second-order valence-corrected chi connectivity index (χ2v) is 4.09. The largest absolute Gasteiger partial charge is 0.315 e. The topological polar surface area (TPSA) is 22.0 Å². The van der Waals surface area contributed by atoms with Crippen molar-refractivity contribution in [3.8, 4) is 0 Å². The number of hydrogen-bond donors (Lipinski definition) is 0. The molecule has 0 spiro atoms. The van der Waals surface area contributed by atoms with Crippen molar-refractivity contribution in [3.05, 3.63) is 57.1 Å². The first kappa shape index (κ1) is 9.21. The zero-order chi connectivity index (χ0) is 9.80. The summed E-state index contributed by atoms with van der Waals surface area (Å²) < 4.78 is 1.74. The van der Waals surface area contributed by atoms with Gasteiger partial charge in [0.1, 0.15) is 0 Å². The van der Waals surface area contributed by atoms with Gasteiger partial charge < -0.3 is 4.57 Å². The maximum absolute atomic E-state index is 11.3. The van der Waals surface area contributed by atoms with E-state index in [1.165, 1.54) is 4.88 Å². The van der Waals surface area contributed by atoms with Gasteiger partial charge in [0.05, 0.1) is 0 Å². The quantitative estimate of drug-likeness (QED) is 0.752. The van der Waals surface area contributed by atoms with Gasteiger partial charge in [-0.3, -0.25) is 4.79 Å². The van der Waals surface area contributed by atoms with Gasteiger partial charge in [-0.2, -0.15) is 0 Å². The molecule has 0 N–H and O–H groups in total. The standard InChI is InChI=1S/C11H11NOS/c13-11-5-1-2-7-12(11)8-6-10-4-3-9-14-10/h1-5,7,9H,6,8H2. The fourth-order valence-corrected chi connectivity index (χ4v) is 2.03. The molecule has 0 radical (unpaired) electrons. The molecule has 72 valence electrons. The highest BCUT2D eigenvalue weighted by Gasteiger charge is 1.96. The Hall–Kier alpha value is -1.35. The van der Waals surface area contributed by atoms with Crippen molar-refractivity contribution in [2.75, 3.05) is 0 Å². The van der Waals surface area contributed by atoms with Crippen LogP contribution >= 0.6 is 11.3 Å². The van der Waals surface area contributed by atoms with Gasteiger partial charge in [-0.1, -0.05) is 12.1 Å². The summed E-state index contributed by atoms with van der Waals surface area (Å²) >= 11 is 1.73. The van der Waals surface area contributed by atoms with E-state index in [4.69, 9.17) is 0 Å². The molecule has 2 rings (SSSR count). The van der Waals surface area contributed by atoms with E-state index in [1.54, 1.807) is 28.0 Å². The molecule has 0 saturated heterocycles. The van der Waals surface area contributed by atoms with Gasteiger partial charge in [-0.05, 0) is 23.9 Å². The summed E-state index contributed by atoms with van der Waals surface area (Å²) in [5.74, 6) is 0. The van der Waals surface area contributed by atoms with Gasteiger partial charge in [-0.25, -0.2) is 0 Å². The summed E-state index contributed by atoms with van der Waals surface area (Å²) in [6.45, 7) is 0.764. The SMILES string of the molecule is O=c1ccccn1CCc1cccs1. The Kier molecular flexibility index (Phi) is 2.79. The summed E-state index contributed by atoms with van der Waals surface area (Å²) in [5.41, 5.74) is 0.0732. The monoisotopic (exact) mass is 205 g/mol. The fraction of sp³-hybridized carbons (Fsp3) is 0.182. The van der Waals surface area contributed by atoms with Crippen LogP contribution in [0.1, 0.15) is 4.88 Å². The van der Waals surface area contributed by atoms with Crippen LogP contribution in [0.15, 0.2) is 46.7 Å². The van der Waals surface area contributed by atoms with Crippen molar-refractivity contribution < 1.29 is 0 Å². The molecule has 0 bridgehead atoms. The predicted molar refractivity (Wildman–Crippen MR) is 58.7 cm³/mol. The van der Waals surface area contributed by atoms with Crippen LogP contribution in [0, 0.1) is 0 Å². The highest BCUT2D eigenvalue weighted by molar-refractivity contribution is 7.09. The van der Waals surface area contributed by atoms with Crippen molar-refractivity contribution in [2.24, 2.45) is 0 Å². The summed E-state index contributed by atoms with van der Waals surface area (Å²) in [7, 11) is 0. The van der Waals surface area contributed by atoms with E-state index >= 15 is 0 Å². The first-order valence-electron chi connectivity index (χ1n) is 4.54. The zero-order valence-electron chi connectivity index (χ0n) is 7.72. The van der Waals surface area contributed by atoms with E-state index in [0.29, 0.717) is 0 Å². The summed E-state index contributed by atoms with van der Waals surface area (Å²) in [6, 6.07) is 9.38. The summed E-state index contributed by atoms with van der Waals surface area (Å²) in [6.07, 6.45) is 2.76. The van der Waals surface area contributed by atoms with Crippen LogP contribution in [0.2, 0.25) is 0 Å². The van der Waals surface area contributed by atoms with E-state index in [1.807, 2.05) is 18.3 Å². The first-order valence-corrected chi connectivity index (χ1v) is 5.42. The van der Waals surface area contributed by atoms with Gasteiger partial charge >= 0.3 is 0 Å². The third-order valence-corrected chi connectivity index (χ3v) is 3.01. The van der Waals surface area contributed by atoms with Crippen molar-refractivity contribution in [2.45, 2.75) is 13.0 Å². The molecule has 0 fully saturated rings. The average Bonchev–Trinajstić information content (AvgIpc) is 2.69. The minimum Gasteiger partial charge on any atom is -0.315 e. The number of hydrogen-bond acceptors (Lipinski definition) is 2. The van der Waals surface area contributed by atoms with E-state index in [9.17, 15) is 4.79 Å². The van der Waals surface area contributed by atoms with Crippen LogP contribution in [0.5, 0.6) is 0 Å². The molecule has 2 aromatic rings. The molecule has 0 amide bonds. The maximum Gasteiger partial charge on any atom is 0.250 e. The molecule has 2 nitrogen and oxygen atoms in total. The molecule has 0 saturated carbocycles. The number of thiophene rings is 1. The van der Waals surface area contributed by atoms with E-state index in [2.05, 4.69) is 11.4 Å². The van der Waals surface area contributed by atoms with Crippen molar-refractivity contribution in [1.29, 1.82) is 0 Å². The van der Waals surface area contributed by atoms with Crippen LogP contribution in [0.3, 0.4) is 0 Å². The second kappa shape index (κ2) is 4.24. The summed E-state index contributed by atoms with van der Waals surface area (Å²) in [4.78, 5) is 12.7. The van der Waals surface area contributed by atoms with Gasteiger partial charge in [0.2, 0.25) is 0 Å². The van der Waals surface area contributed by atoms with Gasteiger partial charge in [0, 0.05) is 23.7 Å². The highest BCUT2D eigenvalue weighted by atomic mass is 32.1. The average molecular weight is 205 g/mol. The third-order valence-electron chi connectivity index (χ3n) is 2.08. The fourth-order valence-electron chi connectivity index (χ4n) is 1.33. The Morgan fingerprint density at radius 1 is 1.21 bits per heavy atom. The first-order chi connectivity index (χ1) is 6.86. The number of aryl methyl sites for hydroxylation is 2. The second-order valence-electron chi connectivity index (χ2n) is 3.06. The molecular weight excluding hydrogens is 194 g/mol. The Morgan fingerprint density at radius 3 is 2.86 bits per heavy atom. The lowest BCUT2D eigenvalue weighted by Crippen LogP contribution is -2.18. The molecule has 0 unspecified atom stereocenters. The minimum absolute atomic E-state index is 0.0732. The van der Waals surface area contributed by atoms with Gasteiger partial charge in [0.25, 0.3) is 5.56 Å². The Morgan fingerprint density at radius 2 is 2.14 bits per heavy atom. The van der Waals surface area contributed by atoms with Crippen LogP contribution in [-0.4, -0.2) is 4.57 Å². The van der Waals surface area contributed by atoms with E-state index in [-0.39, 0.29) is 5.56 Å². The molecule has 2 heterocycles. The molecule has 3 heteroatoms. The van der Waals surface area contributed by atoms with E-state index in [0.717, 1.165) is 13.0 Å². The lowest BCUT2D eigenvalue weighted by Gasteiger charge is -2.02. The lowest BCUT2D eigenvalue weighted by molar-refractivity contribution is 0.674. The van der Waals surface area contributed by atoms with Crippen LogP contribution in [0.4, 0.5) is 0 Å². The summed E-state index contributed by atoms with van der Waals surface area (Å²) in [5, 5.41) is 2.06. The maximum atomic E-state index is 11.3. The molecular formula is C11H11NOS. The van der Waals surface area contributed by atoms with Crippen molar-refractivity contribution >= 4 is 11.3 Å². The van der Waals surface area contributed by atoms with E-state index < -0.39 is 0 Å². The van der Waals surface area contributed by atoms with Crippen molar-refractivity contribution in [1.82, 2.24) is 4.57 Å². The molecule has 0 aliphatic carbocycles. The number of nitrogens with zero attached hydrogens (tertiary/aromatic N) is 1. The number of aromatic nitrogens is 1. The smallest absolute Gasteiger partial charge is 0.250 e. The van der Waals surface area contributed by atoms with Gasteiger partial charge in [0.15, 0.2) is 0 Å². The van der Waals surface area contributed by atoms with Crippen LogP contribution in [-0.2, 0) is 13.0 Å². The molecule has 2 aromatic heterocycles. The number of pyridine rings is 1. The molecule has 0 aliphatic rings. The normalized spacial score (nSPS) is 10.3. The Labute approximate surface area is 86.4 Å². The predicted octanol–water partition coefficient (Wildman–Crippen LogP) is 2.15. The highest BCUT2D eigenvalue weighted by Crippen LogP contribution is 2.09. The Bertz CT molecular complexity index is 444. The van der Waals surface area contributed by atoms with Crippen LogP contribution < -0.4 is 5.56 Å². The Balaban J connectivity index is 2.06. The molecule has 0 aliphatic heterocycles. The van der Waals surface area contributed by atoms with Gasteiger partial charge in [-0.15, -0.1) is 11.3 Å². The minimum atomic E-state index is 0.0732. The van der Waals surface area contributed by atoms with Crippen LogP contribution in [0.25, 0.3) is 0 Å². The number of rotatable bonds is 3. The molecule has 0 atom stereocenters. The molecule has 14 heavy (non-hydrogen) atoms. The lowest BCUT2D eigenvalue weighted by atomic mass is 10.3. The zero-order valence-corrected chi connectivity index (χ0v) is 8.54.